The summed E-state index contributed by atoms with van der Waals surface area (Å²) in [5.41, 5.74) is -1.23. The fourth-order valence-electron chi connectivity index (χ4n) is 1.37. The molecule has 0 unspecified atom stereocenters. The predicted molar refractivity (Wildman–Crippen MR) is 66.4 cm³/mol. The number of hydrogen-bond acceptors (Lipinski definition) is 7. The number of carbonyl (C=O) groups is 3. The molecule has 0 spiro atoms. The van der Waals surface area contributed by atoms with Crippen molar-refractivity contribution in [2.75, 3.05) is 14.2 Å². The molecule has 1 amide bonds. The van der Waals surface area contributed by atoms with Crippen molar-refractivity contribution < 1.29 is 28.4 Å². The van der Waals surface area contributed by atoms with E-state index in [4.69, 9.17) is 4.52 Å². The molecule has 110 valence electrons. The van der Waals surface area contributed by atoms with E-state index in [2.05, 4.69) is 19.9 Å². The molecule has 0 saturated heterocycles. The third-order valence-corrected chi connectivity index (χ3v) is 2.16. The normalized spacial score (nSPS) is 10.8. The van der Waals surface area contributed by atoms with Crippen LogP contribution in [-0.4, -0.2) is 42.8 Å². The molecule has 20 heavy (non-hydrogen) atoms. The Balaban J connectivity index is 3.27. The topological polar surface area (TPSA) is 108 Å². The first kappa shape index (κ1) is 15.7. The van der Waals surface area contributed by atoms with Crippen LogP contribution in [0, 0.1) is 0 Å². The third-order valence-electron chi connectivity index (χ3n) is 2.16. The summed E-state index contributed by atoms with van der Waals surface area (Å²) in [6.07, 6.45) is 0. The van der Waals surface area contributed by atoms with Crippen LogP contribution in [0.1, 0.15) is 52.2 Å². The summed E-state index contributed by atoms with van der Waals surface area (Å²) in [6, 6.07) is 0. The largest absolute Gasteiger partial charge is 0.465 e. The Bertz CT molecular complexity index is 541. The fraction of sp³-hybridized carbons (Fsp3) is 0.500. The second-order valence-corrected chi connectivity index (χ2v) is 4.92. The van der Waals surface area contributed by atoms with E-state index in [0.29, 0.717) is 0 Å². The van der Waals surface area contributed by atoms with Crippen molar-refractivity contribution in [3.8, 4) is 0 Å². The number of nitrogens with zero attached hydrogens (tertiary/aromatic N) is 1. The van der Waals surface area contributed by atoms with Crippen molar-refractivity contribution in [1.29, 1.82) is 0 Å². The Morgan fingerprint density at radius 3 is 2.10 bits per heavy atom. The SMILES string of the molecule is COC(=O)c1onc(C(=O)NC(C)(C)C)c1C(=O)OC. The minimum Gasteiger partial charge on any atom is -0.465 e. The second kappa shape index (κ2) is 5.72. The molecule has 0 fully saturated rings. The number of nitrogens with one attached hydrogen (secondary N) is 1. The quantitative estimate of drug-likeness (QED) is 0.817. The van der Waals surface area contributed by atoms with E-state index < -0.39 is 29.1 Å². The van der Waals surface area contributed by atoms with Gasteiger partial charge in [0.15, 0.2) is 5.69 Å². The number of rotatable bonds is 3. The van der Waals surface area contributed by atoms with Gasteiger partial charge in [-0.2, -0.15) is 0 Å². The molecule has 1 aromatic rings. The van der Waals surface area contributed by atoms with Crippen LogP contribution < -0.4 is 5.32 Å². The maximum Gasteiger partial charge on any atom is 0.377 e. The van der Waals surface area contributed by atoms with Gasteiger partial charge in [0.05, 0.1) is 14.2 Å². The van der Waals surface area contributed by atoms with E-state index in [1.807, 2.05) is 0 Å². The zero-order chi connectivity index (χ0) is 15.5. The molecule has 0 aliphatic carbocycles. The molecule has 1 heterocycles. The molecule has 0 aromatic carbocycles. The van der Waals surface area contributed by atoms with Crippen LogP contribution in [0.15, 0.2) is 4.52 Å². The van der Waals surface area contributed by atoms with E-state index >= 15 is 0 Å². The minimum atomic E-state index is -0.923. The number of esters is 2. The summed E-state index contributed by atoms with van der Waals surface area (Å²) in [5, 5.41) is 6.05. The molecule has 0 aliphatic heterocycles. The van der Waals surface area contributed by atoms with Crippen LogP contribution >= 0.6 is 0 Å². The van der Waals surface area contributed by atoms with Gasteiger partial charge in [-0.3, -0.25) is 4.79 Å². The van der Waals surface area contributed by atoms with E-state index in [1.54, 1.807) is 20.8 Å². The first-order valence-electron chi connectivity index (χ1n) is 5.70. The average molecular weight is 284 g/mol. The number of amides is 1. The molecular formula is C12H16N2O6. The summed E-state index contributed by atoms with van der Waals surface area (Å²) in [5.74, 6) is -2.96. The zero-order valence-corrected chi connectivity index (χ0v) is 11.9. The van der Waals surface area contributed by atoms with Gasteiger partial charge in [0.2, 0.25) is 0 Å². The number of ether oxygens (including phenoxy) is 2. The first-order chi connectivity index (χ1) is 9.21. The fourth-order valence-corrected chi connectivity index (χ4v) is 1.37. The Morgan fingerprint density at radius 2 is 1.65 bits per heavy atom. The van der Waals surface area contributed by atoms with Gasteiger partial charge in [0.1, 0.15) is 5.56 Å². The van der Waals surface area contributed by atoms with Gasteiger partial charge < -0.3 is 19.3 Å². The lowest BCUT2D eigenvalue weighted by atomic mass is 10.1. The van der Waals surface area contributed by atoms with Gasteiger partial charge in [0.25, 0.3) is 11.7 Å². The van der Waals surface area contributed by atoms with Crippen LogP contribution in [0.4, 0.5) is 0 Å². The summed E-state index contributed by atoms with van der Waals surface area (Å²) in [6.45, 7) is 5.26. The highest BCUT2D eigenvalue weighted by molar-refractivity contribution is 6.09. The van der Waals surface area contributed by atoms with Crippen molar-refractivity contribution in [2.45, 2.75) is 26.3 Å². The molecule has 8 nitrogen and oxygen atoms in total. The van der Waals surface area contributed by atoms with Crippen LogP contribution in [0.3, 0.4) is 0 Å². The number of carbonyl (C=O) groups excluding carboxylic acids is 3. The molecule has 0 saturated carbocycles. The van der Waals surface area contributed by atoms with Gasteiger partial charge in [-0.15, -0.1) is 0 Å². The standard InChI is InChI=1S/C12H16N2O6/c1-12(2,3)13-9(15)7-6(10(16)18-4)8(20-14-7)11(17)19-5/h1-5H3,(H,13,15). The number of aromatic nitrogens is 1. The van der Waals surface area contributed by atoms with Gasteiger partial charge in [-0.1, -0.05) is 5.16 Å². The van der Waals surface area contributed by atoms with Crippen molar-refractivity contribution in [3.05, 3.63) is 17.0 Å². The monoisotopic (exact) mass is 284 g/mol. The molecule has 1 N–H and O–H groups in total. The first-order valence-corrected chi connectivity index (χ1v) is 5.70. The van der Waals surface area contributed by atoms with Gasteiger partial charge in [-0.25, -0.2) is 9.59 Å². The van der Waals surface area contributed by atoms with E-state index in [-0.39, 0.29) is 11.3 Å². The number of methoxy groups -OCH3 is 2. The molecular weight excluding hydrogens is 268 g/mol. The molecule has 1 rings (SSSR count). The molecule has 0 aliphatic rings. The highest BCUT2D eigenvalue weighted by Gasteiger charge is 2.33. The van der Waals surface area contributed by atoms with E-state index in [0.717, 1.165) is 14.2 Å². The second-order valence-electron chi connectivity index (χ2n) is 4.92. The highest BCUT2D eigenvalue weighted by atomic mass is 16.6. The number of hydrogen-bond donors (Lipinski definition) is 1. The Morgan fingerprint density at radius 1 is 1.10 bits per heavy atom. The lowest BCUT2D eigenvalue weighted by Gasteiger charge is -2.19. The van der Waals surface area contributed by atoms with Crippen molar-refractivity contribution in [2.24, 2.45) is 0 Å². The van der Waals surface area contributed by atoms with Gasteiger partial charge >= 0.3 is 11.9 Å². The molecule has 8 heteroatoms. The van der Waals surface area contributed by atoms with Crippen molar-refractivity contribution >= 4 is 17.8 Å². The Labute approximate surface area is 115 Å². The summed E-state index contributed by atoms with van der Waals surface area (Å²) in [7, 11) is 2.22. The minimum absolute atomic E-state index is 0.327. The maximum atomic E-state index is 12.0. The average Bonchev–Trinajstić information content (AvgIpc) is 2.79. The van der Waals surface area contributed by atoms with Crippen LogP contribution in [0.5, 0.6) is 0 Å². The van der Waals surface area contributed by atoms with Gasteiger partial charge in [-0.05, 0) is 20.8 Å². The molecule has 0 bridgehead atoms. The summed E-state index contributed by atoms with van der Waals surface area (Å²) < 4.78 is 13.7. The third kappa shape index (κ3) is 3.34. The lowest BCUT2D eigenvalue weighted by Crippen LogP contribution is -2.41. The smallest absolute Gasteiger partial charge is 0.377 e. The maximum absolute atomic E-state index is 12.0. The predicted octanol–water partition coefficient (Wildman–Crippen LogP) is 0.776. The molecule has 0 radical (unpaired) electrons. The van der Waals surface area contributed by atoms with E-state index in [9.17, 15) is 14.4 Å². The molecule has 0 atom stereocenters. The Hall–Kier alpha value is -2.38. The summed E-state index contributed by atoms with van der Waals surface area (Å²) >= 11 is 0. The van der Waals surface area contributed by atoms with Crippen LogP contribution in [0.2, 0.25) is 0 Å². The van der Waals surface area contributed by atoms with E-state index in [1.165, 1.54) is 0 Å². The van der Waals surface area contributed by atoms with Gasteiger partial charge in [0, 0.05) is 5.54 Å². The Kier molecular flexibility index (Phi) is 4.49. The van der Waals surface area contributed by atoms with Crippen LogP contribution in [-0.2, 0) is 9.47 Å². The zero-order valence-electron chi connectivity index (χ0n) is 11.9. The highest BCUT2D eigenvalue weighted by Crippen LogP contribution is 2.17. The molecule has 1 aromatic heterocycles. The lowest BCUT2D eigenvalue weighted by molar-refractivity contribution is 0.0521. The van der Waals surface area contributed by atoms with Crippen molar-refractivity contribution in [3.63, 3.8) is 0 Å². The summed E-state index contributed by atoms with van der Waals surface area (Å²) in [4.78, 5) is 35.2. The van der Waals surface area contributed by atoms with Crippen LogP contribution in [0.25, 0.3) is 0 Å². The van der Waals surface area contributed by atoms with Crippen molar-refractivity contribution in [1.82, 2.24) is 10.5 Å².